The Morgan fingerprint density at radius 3 is 2.79 bits per heavy atom. The number of likely N-dealkylation sites (N-methyl/N-ethyl adjacent to an activating group) is 1. The van der Waals surface area contributed by atoms with Crippen molar-refractivity contribution in [2.75, 3.05) is 62.7 Å². The summed E-state index contributed by atoms with van der Waals surface area (Å²) in [5.74, 6) is -2.16. The Hall–Kier alpha value is -3.36. The molecule has 0 saturated carbocycles. The van der Waals surface area contributed by atoms with E-state index in [2.05, 4.69) is 16.1 Å². The average Bonchev–Trinajstić information content (AvgIpc) is 3.01. The molecule has 186 valence electrons. The van der Waals surface area contributed by atoms with Crippen LogP contribution >= 0.6 is 0 Å². The fourth-order valence-electron chi connectivity index (χ4n) is 3.46. The van der Waals surface area contributed by atoms with Crippen molar-refractivity contribution in [3.8, 4) is 0 Å². The lowest BCUT2D eigenvalue weighted by Gasteiger charge is -2.23. The number of nitrogens with one attached hydrogen (secondary N) is 5. The van der Waals surface area contributed by atoms with E-state index in [1.54, 1.807) is 11.9 Å². The molecule has 1 unspecified atom stereocenters. The minimum absolute atomic E-state index is 0.0573. The molecule has 14 heteroatoms. The third-order valence-corrected chi connectivity index (χ3v) is 5.20. The number of rotatable bonds is 7. The number of cyclic esters (lactones) is 1. The van der Waals surface area contributed by atoms with Gasteiger partial charge in [0.15, 0.2) is 0 Å². The third kappa shape index (κ3) is 6.36. The Labute approximate surface area is 193 Å². The molecule has 2 aliphatic heterocycles. The number of halogens is 3. The number of quaternary nitrogens is 1. The first-order valence-electron chi connectivity index (χ1n) is 10.6. The maximum atomic E-state index is 15.0. The summed E-state index contributed by atoms with van der Waals surface area (Å²) in [5.41, 5.74) is 3.61. The number of alkyl halides is 2. The van der Waals surface area contributed by atoms with Crippen LogP contribution in [0.2, 0.25) is 0 Å². The fraction of sp³-hybridized carbons (Fsp3) is 0.450. The van der Waals surface area contributed by atoms with Crippen LogP contribution in [0.1, 0.15) is 0 Å². The summed E-state index contributed by atoms with van der Waals surface area (Å²) < 4.78 is 44.4. The quantitative estimate of drug-likeness (QED) is 0.319. The van der Waals surface area contributed by atoms with Crippen LogP contribution in [0.15, 0.2) is 30.2 Å². The zero-order chi connectivity index (χ0) is 24.7. The van der Waals surface area contributed by atoms with Gasteiger partial charge in [0.05, 0.1) is 31.0 Å². The lowest BCUT2D eigenvalue weighted by Crippen LogP contribution is -3.22. The SMILES string of the molecule is CNCCNC(=O)[NH+]1CCN(c2ccc(N3C/C(=C/NC(=O)C(F)F)OC3=O)cc2F)CCN1. The largest absolute Gasteiger partial charge is 0.434 e. The van der Waals surface area contributed by atoms with Gasteiger partial charge in [0, 0.05) is 25.8 Å². The van der Waals surface area contributed by atoms with E-state index in [1.165, 1.54) is 18.2 Å². The van der Waals surface area contributed by atoms with Gasteiger partial charge in [-0.05, 0) is 25.2 Å². The van der Waals surface area contributed by atoms with E-state index >= 15 is 0 Å². The molecule has 3 rings (SSSR count). The van der Waals surface area contributed by atoms with Gasteiger partial charge >= 0.3 is 18.5 Å². The Kier molecular flexibility index (Phi) is 8.67. The molecule has 2 aliphatic rings. The van der Waals surface area contributed by atoms with E-state index in [1.807, 2.05) is 5.32 Å². The predicted molar refractivity (Wildman–Crippen MR) is 116 cm³/mol. The molecule has 5 N–H and O–H groups in total. The first kappa shape index (κ1) is 25.3. The number of carbonyl (C=O) groups excluding carboxylic acids is 3. The van der Waals surface area contributed by atoms with Crippen LogP contribution in [-0.4, -0.2) is 77.3 Å². The minimum Gasteiger partial charge on any atom is -0.411 e. The van der Waals surface area contributed by atoms with Gasteiger partial charge in [-0.1, -0.05) is 0 Å². The number of anilines is 2. The molecule has 2 heterocycles. The molecule has 1 aromatic carbocycles. The molecular weight excluding hydrogens is 459 g/mol. The summed E-state index contributed by atoms with van der Waals surface area (Å²) in [6.45, 7) is 2.72. The van der Waals surface area contributed by atoms with E-state index < -0.39 is 24.2 Å². The van der Waals surface area contributed by atoms with Crippen molar-refractivity contribution in [1.29, 1.82) is 0 Å². The van der Waals surface area contributed by atoms with Gasteiger partial charge in [-0.15, -0.1) is 0 Å². The summed E-state index contributed by atoms with van der Waals surface area (Å²) in [5, 5.41) is 8.12. The van der Waals surface area contributed by atoms with Crippen molar-refractivity contribution in [1.82, 2.24) is 21.4 Å². The predicted octanol–water partition coefficient (Wildman–Crippen LogP) is -0.856. The molecule has 0 aliphatic carbocycles. The van der Waals surface area contributed by atoms with Crippen molar-refractivity contribution in [2.24, 2.45) is 0 Å². The fourth-order valence-corrected chi connectivity index (χ4v) is 3.46. The van der Waals surface area contributed by atoms with Crippen molar-refractivity contribution < 1.29 is 37.3 Å². The van der Waals surface area contributed by atoms with Gasteiger partial charge in [-0.3, -0.25) is 9.69 Å². The Balaban J connectivity index is 1.62. The minimum atomic E-state index is -3.21. The number of ether oxygens (including phenoxy) is 1. The van der Waals surface area contributed by atoms with Crippen molar-refractivity contribution in [3.05, 3.63) is 36.0 Å². The average molecular weight is 486 g/mol. The van der Waals surface area contributed by atoms with Crippen LogP contribution < -0.4 is 36.2 Å². The number of carbonyl (C=O) groups is 3. The Morgan fingerprint density at radius 1 is 1.29 bits per heavy atom. The second-order valence-electron chi connectivity index (χ2n) is 7.51. The second-order valence-corrected chi connectivity index (χ2v) is 7.51. The molecule has 0 bridgehead atoms. The van der Waals surface area contributed by atoms with E-state index in [0.717, 1.165) is 11.1 Å². The van der Waals surface area contributed by atoms with Gasteiger partial charge in [0.25, 0.3) is 5.91 Å². The normalized spacial score (nSPS) is 19.9. The maximum absolute atomic E-state index is 15.0. The first-order valence-corrected chi connectivity index (χ1v) is 10.6. The zero-order valence-electron chi connectivity index (χ0n) is 18.5. The number of urea groups is 1. The first-order chi connectivity index (χ1) is 16.3. The molecule has 2 saturated heterocycles. The zero-order valence-corrected chi connectivity index (χ0v) is 18.5. The lowest BCUT2D eigenvalue weighted by atomic mass is 10.2. The van der Waals surface area contributed by atoms with Crippen LogP contribution in [0.3, 0.4) is 0 Å². The molecule has 2 fully saturated rings. The third-order valence-electron chi connectivity index (χ3n) is 5.20. The van der Waals surface area contributed by atoms with Crippen LogP contribution in [0.25, 0.3) is 0 Å². The van der Waals surface area contributed by atoms with Crippen LogP contribution in [-0.2, 0) is 9.53 Å². The van der Waals surface area contributed by atoms with Crippen molar-refractivity contribution >= 4 is 29.4 Å². The van der Waals surface area contributed by atoms with Gasteiger partial charge in [0.1, 0.15) is 18.1 Å². The lowest BCUT2D eigenvalue weighted by molar-refractivity contribution is -0.861. The number of benzene rings is 1. The number of hydrogen-bond donors (Lipinski definition) is 5. The van der Waals surface area contributed by atoms with Gasteiger partial charge in [0.2, 0.25) is 0 Å². The molecule has 1 atom stereocenters. The Bertz CT molecular complexity index is 947. The van der Waals surface area contributed by atoms with E-state index in [4.69, 9.17) is 4.74 Å². The molecule has 1 aromatic rings. The molecule has 4 amide bonds. The highest BCUT2D eigenvalue weighted by Crippen LogP contribution is 2.28. The van der Waals surface area contributed by atoms with Crippen LogP contribution in [0.5, 0.6) is 0 Å². The molecule has 0 radical (unpaired) electrons. The highest BCUT2D eigenvalue weighted by Gasteiger charge is 2.30. The van der Waals surface area contributed by atoms with Gasteiger partial charge < -0.3 is 25.6 Å². The van der Waals surface area contributed by atoms with Gasteiger partial charge in [-0.25, -0.2) is 14.0 Å². The molecule has 34 heavy (non-hydrogen) atoms. The standard InChI is InChI=1S/C20H26F3N7O4/c1-24-4-5-25-19(32)30-9-8-28(7-6-27-30)16-3-2-13(10-15(16)21)29-12-14(34-20(29)33)11-26-18(31)17(22)23/h2-3,10-11,17,24,27H,4-9,12H2,1H3,(H,25,32)(H,26,31)/p+1/b14-11-. The van der Waals surface area contributed by atoms with Crippen LogP contribution in [0.4, 0.5) is 34.1 Å². The van der Waals surface area contributed by atoms with Crippen molar-refractivity contribution in [3.63, 3.8) is 0 Å². The summed E-state index contributed by atoms with van der Waals surface area (Å²) in [6, 6.07) is 4.04. The number of nitrogens with zero attached hydrogens (tertiary/aromatic N) is 2. The van der Waals surface area contributed by atoms with Crippen molar-refractivity contribution in [2.45, 2.75) is 6.43 Å². The highest BCUT2D eigenvalue weighted by molar-refractivity contribution is 5.91. The number of hydrogen-bond acceptors (Lipinski definition) is 7. The maximum Gasteiger partial charge on any atom is 0.434 e. The van der Waals surface area contributed by atoms with Gasteiger partial charge in [-0.2, -0.15) is 19.2 Å². The topological polar surface area (TPSA) is 119 Å². The second kappa shape index (κ2) is 11.7. The van der Waals surface area contributed by atoms with Crippen LogP contribution in [0, 0.1) is 5.82 Å². The monoisotopic (exact) mass is 486 g/mol. The summed E-state index contributed by atoms with van der Waals surface area (Å²) in [4.78, 5) is 38.2. The summed E-state index contributed by atoms with van der Waals surface area (Å²) >= 11 is 0. The summed E-state index contributed by atoms with van der Waals surface area (Å²) in [7, 11) is 1.79. The Morgan fingerprint density at radius 2 is 2.09 bits per heavy atom. The molecule has 0 spiro atoms. The highest BCUT2D eigenvalue weighted by atomic mass is 19.3. The molecular formula is C20H27F3N7O4+. The molecule has 11 nitrogen and oxygen atoms in total. The summed E-state index contributed by atoms with van der Waals surface area (Å²) in [6.07, 6.45) is -3.15. The van der Waals surface area contributed by atoms with E-state index in [-0.39, 0.29) is 24.0 Å². The number of amides is 4. The molecule has 0 aromatic heterocycles. The van der Waals surface area contributed by atoms with E-state index in [9.17, 15) is 27.6 Å². The smallest absolute Gasteiger partial charge is 0.411 e. The van der Waals surface area contributed by atoms with E-state index in [0.29, 0.717) is 50.0 Å².